The lowest BCUT2D eigenvalue weighted by molar-refractivity contribution is -0.120. The molecule has 1 aliphatic carbocycles. The zero-order valence-electron chi connectivity index (χ0n) is 13.2. The van der Waals surface area contributed by atoms with Crippen molar-refractivity contribution >= 4 is 29.0 Å². The molecule has 0 bridgehead atoms. The lowest BCUT2D eigenvalue weighted by atomic mass is 9.89. The third kappa shape index (κ3) is 4.57. The Hall–Kier alpha value is -1.34. The van der Waals surface area contributed by atoms with Gasteiger partial charge < -0.3 is 9.73 Å². The number of hydrogen-bond acceptors (Lipinski definition) is 6. The van der Waals surface area contributed by atoms with Crippen molar-refractivity contribution in [3.8, 4) is 10.8 Å². The molecule has 1 atom stereocenters. The number of carbonyl (C=O) groups is 1. The van der Waals surface area contributed by atoms with Crippen molar-refractivity contribution in [2.24, 2.45) is 5.92 Å². The van der Waals surface area contributed by atoms with Crippen LogP contribution in [0.25, 0.3) is 10.8 Å². The molecular formula is C16H21N3O2S2. The number of rotatable bonds is 6. The van der Waals surface area contributed by atoms with E-state index in [1.165, 1.54) is 43.9 Å². The lowest BCUT2D eigenvalue weighted by Gasteiger charge is -2.22. The molecule has 124 valence electrons. The third-order valence-electron chi connectivity index (χ3n) is 4.07. The first-order chi connectivity index (χ1) is 11.2. The maximum Gasteiger partial charge on any atom is 0.277 e. The van der Waals surface area contributed by atoms with Gasteiger partial charge in [-0.25, -0.2) is 0 Å². The second-order valence-corrected chi connectivity index (χ2v) is 8.10. The van der Waals surface area contributed by atoms with Crippen molar-refractivity contribution in [1.82, 2.24) is 15.5 Å². The molecule has 2 heterocycles. The summed E-state index contributed by atoms with van der Waals surface area (Å²) >= 11 is 2.86. The number of carbonyl (C=O) groups excluding carboxylic acids is 1. The van der Waals surface area contributed by atoms with E-state index >= 15 is 0 Å². The highest BCUT2D eigenvalue weighted by molar-refractivity contribution is 8.00. The molecule has 1 saturated carbocycles. The predicted octanol–water partition coefficient (Wildman–Crippen LogP) is 3.98. The van der Waals surface area contributed by atoms with E-state index in [1.54, 1.807) is 11.3 Å². The maximum absolute atomic E-state index is 12.2. The summed E-state index contributed by atoms with van der Waals surface area (Å²) in [6, 6.07) is 3.88. The van der Waals surface area contributed by atoms with Crippen LogP contribution in [-0.2, 0) is 4.79 Å². The van der Waals surface area contributed by atoms with Crippen LogP contribution in [0.15, 0.2) is 27.2 Å². The van der Waals surface area contributed by atoms with Crippen LogP contribution in [0.2, 0.25) is 0 Å². The zero-order valence-corrected chi connectivity index (χ0v) is 14.8. The average Bonchev–Trinajstić information content (AvgIpc) is 3.24. The third-order valence-corrected chi connectivity index (χ3v) is 5.87. The van der Waals surface area contributed by atoms with E-state index < -0.39 is 0 Å². The summed E-state index contributed by atoms with van der Waals surface area (Å²) in [6.07, 6.45) is 6.38. The number of thiophene rings is 1. The summed E-state index contributed by atoms with van der Waals surface area (Å²) in [5.74, 6) is 1.19. The van der Waals surface area contributed by atoms with Crippen molar-refractivity contribution in [2.45, 2.75) is 49.5 Å². The average molecular weight is 351 g/mol. The fourth-order valence-electron chi connectivity index (χ4n) is 2.74. The normalized spacial score (nSPS) is 17.1. The van der Waals surface area contributed by atoms with E-state index in [2.05, 4.69) is 15.5 Å². The number of nitrogens with zero attached hydrogens (tertiary/aromatic N) is 2. The topological polar surface area (TPSA) is 68.0 Å². The van der Waals surface area contributed by atoms with Crippen molar-refractivity contribution in [3.05, 3.63) is 17.5 Å². The summed E-state index contributed by atoms with van der Waals surface area (Å²) in [7, 11) is 0. The molecule has 0 saturated heterocycles. The van der Waals surface area contributed by atoms with Crippen LogP contribution in [0.3, 0.4) is 0 Å². The largest absolute Gasteiger partial charge is 0.410 e. The quantitative estimate of drug-likeness (QED) is 0.798. The summed E-state index contributed by atoms with van der Waals surface area (Å²) < 4.78 is 5.61. The molecule has 2 aromatic rings. The van der Waals surface area contributed by atoms with Crippen LogP contribution in [0.5, 0.6) is 0 Å². The van der Waals surface area contributed by atoms with Crippen LogP contribution >= 0.6 is 23.1 Å². The summed E-state index contributed by atoms with van der Waals surface area (Å²) in [5.41, 5.74) is 0. The molecule has 1 amide bonds. The number of thioether (sulfide) groups is 1. The molecular weight excluding hydrogens is 330 g/mol. The molecule has 0 aromatic carbocycles. The van der Waals surface area contributed by atoms with Gasteiger partial charge in [-0.2, -0.15) is 0 Å². The summed E-state index contributed by atoms with van der Waals surface area (Å²) in [4.78, 5) is 13.1. The van der Waals surface area contributed by atoms with Crippen LogP contribution in [-0.4, -0.2) is 27.9 Å². The van der Waals surface area contributed by atoms with Gasteiger partial charge in [0.15, 0.2) is 0 Å². The van der Waals surface area contributed by atoms with Gasteiger partial charge in [-0.3, -0.25) is 4.79 Å². The van der Waals surface area contributed by atoms with E-state index in [0.29, 0.717) is 17.0 Å². The van der Waals surface area contributed by atoms with Gasteiger partial charge in [0.2, 0.25) is 5.91 Å². The predicted molar refractivity (Wildman–Crippen MR) is 92.5 cm³/mol. The standard InChI is InChI=1S/C16H21N3O2S2/c1-11(14(20)17-10-12-6-3-2-4-7-12)23-16-19-18-15(21-16)13-8-5-9-22-13/h5,8-9,11-12H,2-4,6-7,10H2,1H3,(H,17,20)/t11-/m1/s1. The molecule has 7 heteroatoms. The number of aromatic nitrogens is 2. The van der Waals surface area contributed by atoms with Crippen LogP contribution in [0.1, 0.15) is 39.0 Å². The van der Waals surface area contributed by atoms with E-state index in [4.69, 9.17) is 4.42 Å². The first-order valence-corrected chi connectivity index (χ1v) is 9.80. The fraction of sp³-hybridized carbons (Fsp3) is 0.562. The van der Waals surface area contributed by atoms with E-state index in [9.17, 15) is 4.79 Å². The molecule has 0 spiro atoms. The highest BCUT2D eigenvalue weighted by atomic mass is 32.2. The SMILES string of the molecule is C[C@@H](Sc1nnc(-c2cccs2)o1)C(=O)NCC1CCCCC1. The molecule has 1 N–H and O–H groups in total. The fourth-order valence-corrected chi connectivity index (χ4v) is 4.09. The molecule has 2 aromatic heterocycles. The first kappa shape index (κ1) is 16.5. The second kappa shape index (κ2) is 7.97. The van der Waals surface area contributed by atoms with Crippen molar-refractivity contribution in [2.75, 3.05) is 6.54 Å². The summed E-state index contributed by atoms with van der Waals surface area (Å²) in [6.45, 7) is 2.66. The molecule has 1 aliphatic rings. The van der Waals surface area contributed by atoms with E-state index in [-0.39, 0.29) is 11.2 Å². The minimum absolute atomic E-state index is 0.0384. The zero-order chi connectivity index (χ0) is 16.1. The van der Waals surface area contributed by atoms with Gasteiger partial charge in [-0.15, -0.1) is 21.5 Å². The molecule has 23 heavy (non-hydrogen) atoms. The van der Waals surface area contributed by atoms with Crippen LogP contribution < -0.4 is 5.32 Å². The highest BCUT2D eigenvalue weighted by Gasteiger charge is 2.20. The second-order valence-electron chi connectivity index (χ2n) is 5.86. The van der Waals surface area contributed by atoms with Gasteiger partial charge in [0.25, 0.3) is 11.1 Å². The smallest absolute Gasteiger partial charge is 0.277 e. The van der Waals surface area contributed by atoms with E-state index in [0.717, 1.165) is 11.4 Å². The number of nitrogens with one attached hydrogen (secondary N) is 1. The van der Waals surface area contributed by atoms with Crippen molar-refractivity contribution < 1.29 is 9.21 Å². The van der Waals surface area contributed by atoms with E-state index in [1.807, 2.05) is 24.4 Å². The molecule has 0 unspecified atom stereocenters. The monoisotopic (exact) mass is 351 g/mol. The van der Waals surface area contributed by atoms with Gasteiger partial charge >= 0.3 is 0 Å². The molecule has 0 radical (unpaired) electrons. The Balaban J connectivity index is 1.48. The van der Waals surface area contributed by atoms with Crippen LogP contribution in [0, 0.1) is 5.92 Å². The Bertz CT molecular complexity index is 621. The minimum atomic E-state index is -0.241. The molecule has 0 aliphatic heterocycles. The Morgan fingerprint density at radius 2 is 2.26 bits per heavy atom. The van der Waals surface area contributed by atoms with Gasteiger partial charge in [-0.1, -0.05) is 37.1 Å². The van der Waals surface area contributed by atoms with Gasteiger partial charge in [0.1, 0.15) is 0 Å². The van der Waals surface area contributed by atoms with Gasteiger partial charge in [0.05, 0.1) is 10.1 Å². The van der Waals surface area contributed by atoms with Gasteiger partial charge in [-0.05, 0) is 37.1 Å². The number of hydrogen-bond donors (Lipinski definition) is 1. The highest BCUT2D eigenvalue weighted by Crippen LogP contribution is 2.28. The Morgan fingerprint density at radius 3 is 3.00 bits per heavy atom. The Kier molecular flexibility index (Phi) is 5.72. The molecule has 1 fully saturated rings. The van der Waals surface area contributed by atoms with Crippen LogP contribution in [0.4, 0.5) is 0 Å². The lowest BCUT2D eigenvalue weighted by Crippen LogP contribution is -2.35. The maximum atomic E-state index is 12.2. The molecule has 3 rings (SSSR count). The Labute approximate surface area is 144 Å². The first-order valence-electron chi connectivity index (χ1n) is 8.04. The number of amides is 1. The Morgan fingerprint density at radius 1 is 1.43 bits per heavy atom. The van der Waals surface area contributed by atoms with Crippen molar-refractivity contribution in [3.63, 3.8) is 0 Å². The summed E-state index contributed by atoms with van der Waals surface area (Å²) in [5, 5.41) is 13.3. The minimum Gasteiger partial charge on any atom is -0.410 e. The van der Waals surface area contributed by atoms with Gasteiger partial charge in [0, 0.05) is 6.54 Å². The van der Waals surface area contributed by atoms with Crippen molar-refractivity contribution in [1.29, 1.82) is 0 Å². The molecule has 5 nitrogen and oxygen atoms in total.